The first-order valence-corrected chi connectivity index (χ1v) is 3.77. The first-order chi connectivity index (χ1) is 4.95. The van der Waals surface area contributed by atoms with Gasteiger partial charge in [-0.2, -0.15) is 0 Å². The Balaban J connectivity index is 4.03. The van der Waals surface area contributed by atoms with E-state index in [1.165, 1.54) is 0 Å². The van der Waals surface area contributed by atoms with Gasteiger partial charge in [0.15, 0.2) is 0 Å². The molecule has 0 saturated heterocycles. The van der Waals surface area contributed by atoms with Crippen molar-refractivity contribution in [2.45, 2.75) is 20.0 Å². The molecule has 0 radical (unpaired) electrons. The Morgan fingerprint density at radius 2 is 1.82 bits per heavy atom. The predicted molar refractivity (Wildman–Crippen MR) is 48.9 cm³/mol. The smallest absolute Gasteiger partial charge is 0.0779 e. The van der Waals surface area contributed by atoms with Crippen LogP contribution in [-0.4, -0.2) is 37.1 Å². The average Bonchev–Trinajstić information content (AvgIpc) is 1.84. The number of hydrogen-bond acceptors (Lipinski definition) is 3. The third-order valence-electron chi connectivity index (χ3n) is 1.74. The van der Waals surface area contributed by atoms with Gasteiger partial charge in [0.1, 0.15) is 0 Å². The molecule has 0 aliphatic carbocycles. The highest BCUT2D eigenvalue weighted by Crippen LogP contribution is 1.99. The van der Waals surface area contributed by atoms with Gasteiger partial charge >= 0.3 is 0 Å². The normalized spacial score (nSPS) is 15.3. The molecule has 0 aliphatic rings. The molecule has 3 heteroatoms. The summed E-state index contributed by atoms with van der Waals surface area (Å²) in [5, 5.41) is 0. The third-order valence-corrected chi connectivity index (χ3v) is 1.74. The molecule has 1 atom stereocenters. The molecule has 0 bridgehead atoms. The van der Waals surface area contributed by atoms with Crippen LogP contribution in [0, 0.1) is 0 Å². The minimum Gasteiger partial charge on any atom is -0.401 e. The summed E-state index contributed by atoms with van der Waals surface area (Å²) in [5.74, 6) is 0. The molecule has 0 fully saturated rings. The molecule has 3 nitrogen and oxygen atoms in total. The molecule has 0 heterocycles. The van der Waals surface area contributed by atoms with Gasteiger partial charge in [-0.25, -0.2) is 0 Å². The van der Waals surface area contributed by atoms with Gasteiger partial charge in [0, 0.05) is 18.9 Å². The number of nitrogens with zero attached hydrogens (tertiary/aromatic N) is 2. The Hall–Kier alpha value is -0.700. The Bertz CT molecular complexity index is 136. The van der Waals surface area contributed by atoms with Crippen molar-refractivity contribution >= 4 is 0 Å². The van der Waals surface area contributed by atoms with E-state index >= 15 is 0 Å². The fourth-order valence-electron chi connectivity index (χ4n) is 0.793. The molecule has 0 aromatic heterocycles. The predicted octanol–water partition coefficient (Wildman–Crippen LogP) is 0.646. The van der Waals surface area contributed by atoms with E-state index in [1.807, 2.05) is 34.3 Å². The van der Waals surface area contributed by atoms with Crippen molar-refractivity contribution in [2.75, 3.05) is 21.1 Å². The maximum atomic E-state index is 5.53. The summed E-state index contributed by atoms with van der Waals surface area (Å²) < 4.78 is 0. The van der Waals surface area contributed by atoms with E-state index in [-0.39, 0.29) is 0 Å². The van der Waals surface area contributed by atoms with Crippen LogP contribution in [0.3, 0.4) is 0 Å². The lowest BCUT2D eigenvalue weighted by molar-refractivity contribution is 0.165. The summed E-state index contributed by atoms with van der Waals surface area (Å²) in [6, 6.07) is 0. The standard InChI is InChI=1S/C8H19N3/c1-7(9)6-11(5)8(2)10(3)4/h6,8H,9H2,1-5H3/b7-6-. The largest absolute Gasteiger partial charge is 0.401 e. The van der Waals surface area contributed by atoms with E-state index in [2.05, 4.69) is 16.7 Å². The first-order valence-electron chi connectivity index (χ1n) is 3.77. The van der Waals surface area contributed by atoms with E-state index in [1.54, 1.807) is 0 Å². The monoisotopic (exact) mass is 157 g/mol. The molecule has 0 rings (SSSR count). The van der Waals surface area contributed by atoms with E-state index in [4.69, 9.17) is 5.73 Å². The van der Waals surface area contributed by atoms with Crippen LogP contribution in [0.25, 0.3) is 0 Å². The maximum Gasteiger partial charge on any atom is 0.0779 e. The molecule has 0 saturated carbocycles. The lowest BCUT2D eigenvalue weighted by Gasteiger charge is -2.29. The number of rotatable bonds is 3. The summed E-state index contributed by atoms with van der Waals surface area (Å²) in [5.41, 5.74) is 6.37. The van der Waals surface area contributed by atoms with Gasteiger partial charge in [0.25, 0.3) is 0 Å². The zero-order valence-corrected chi connectivity index (χ0v) is 8.13. The lowest BCUT2D eigenvalue weighted by Crippen LogP contribution is -2.37. The molecule has 0 aliphatic heterocycles. The molecule has 66 valence electrons. The van der Waals surface area contributed by atoms with Gasteiger partial charge < -0.3 is 10.6 Å². The van der Waals surface area contributed by atoms with Gasteiger partial charge in [-0.1, -0.05) is 0 Å². The number of nitrogens with two attached hydrogens (primary N) is 1. The Morgan fingerprint density at radius 3 is 2.09 bits per heavy atom. The van der Waals surface area contributed by atoms with Crippen molar-refractivity contribution in [2.24, 2.45) is 5.73 Å². The van der Waals surface area contributed by atoms with Crippen molar-refractivity contribution < 1.29 is 0 Å². The minimum atomic E-state index is 0.383. The van der Waals surface area contributed by atoms with Crippen LogP contribution in [0.1, 0.15) is 13.8 Å². The molecule has 2 N–H and O–H groups in total. The van der Waals surface area contributed by atoms with Crippen LogP contribution in [0.15, 0.2) is 11.9 Å². The summed E-state index contributed by atoms with van der Waals surface area (Å²) in [4.78, 5) is 4.20. The SMILES string of the molecule is C/C(N)=C/N(C)C(C)N(C)C. The second-order valence-electron chi connectivity index (χ2n) is 3.13. The second-order valence-corrected chi connectivity index (χ2v) is 3.13. The van der Waals surface area contributed by atoms with Crippen molar-refractivity contribution in [3.05, 3.63) is 11.9 Å². The molecular weight excluding hydrogens is 138 g/mol. The zero-order valence-electron chi connectivity index (χ0n) is 8.13. The highest BCUT2D eigenvalue weighted by molar-refractivity contribution is 4.91. The average molecular weight is 157 g/mol. The van der Waals surface area contributed by atoms with Crippen molar-refractivity contribution in [1.82, 2.24) is 9.80 Å². The van der Waals surface area contributed by atoms with Crippen LogP contribution in [-0.2, 0) is 0 Å². The van der Waals surface area contributed by atoms with E-state index in [9.17, 15) is 0 Å². The highest BCUT2D eigenvalue weighted by atomic mass is 15.3. The van der Waals surface area contributed by atoms with Crippen LogP contribution >= 0.6 is 0 Å². The topological polar surface area (TPSA) is 32.5 Å². The summed E-state index contributed by atoms with van der Waals surface area (Å²) in [7, 11) is 6.10. The lowest BCUT2D eigenvalue weighted by atomic mass is 10.4. The van der Waals surface area contributed by atoms with E-state index < -0.39 is 0 Å². The highest BCUT2D eigenvalue weighted by Gasteiger charge is 2.06. The van der Waals surface area contributed by atoms with Crippen LogP contribution in [0.4, 0.5) is 0 Å². The van der Waals surface area contributed by atoms with Crippen molar-refractivity contribution in [3.8, 4) is 0 Å². The molecule has 0 aromatic carbocycles. The molecule has 0 amide bonds. The maximum absolute atomic E-state index is 5.53. The van der Waals surface area contributed by atoms with Gasteiger partial charge in [-0.05, 0) is 27.9 Å². The van der Waals surface area contributed by atoms with Gasteiger partial charge in [0.2, 0.25) is 0 Å². The van der Waals surface area contributed by atoms with Gasteiger partial charge in [-0.15, -0.1) is 0 Å². The van der Waals surface area contributed by atoms with E-state index in [0.717, 1.165) is 5.70 Å². The van der Waals surface area contributed by atoms with Crippen molar-refractivity contribution in [3.63, 3.8) is 0 Å². The Morgan fingerprint density at radius 1 is 1.36 bits per heavy atom. The number of allylic oxidation sites excluding steroid dienone is 1. The fourth-order valence-corrected chi connectivity index (χ4v) is 0.793. The first kappa shape index (κ1) is 10.3. The van der Waals surface area contributed by atoms with Gasteiger partial charge in [0.05, 0.1) is 6.17 Å². The fraction of sp³-hybridized carbons (Fsp3) is 0.750. The van der Waals surface area contributed by atoms with Crippen LogP contribution in [0.2, 0.25) is 0 Å². The van der Waals surface area contributed by atoms with Crippen molar-refractivity contribution in [1.29, 1.82) is 0 Å². The quantitative estimate of drug-likeness (QED) is 0.610. The minimum absolute atomic E-state index is 0.383. The zero-order chi connectivity index (χ0) is 9.02. The van der Waals surface area contributed by atoms with Crippen LogP contribution in [0.5, 0.6) is 0 Å². The molecular formula is C8H19N3. The summed E-state index contributed by atoms with van der Waals surface area (Å²) in [6.45, 7) is 4.01. The van der Waals surface area contributed by atoms with Crippen LogP contribution < -0.4 is 5.73 Å². The molecule has 0 spiro atoms. The summed E-state index contributed by atoms with van der Waals surface area (Å²) in [6.07, 6.45) is 2.32. The molecule has 1 unspecified atom stereocenters. The Labute approximate surface area is 69.5 Å². The molecule has 0 aromatic rings. The molecule has 11 heavy (non-hydrogen) atoms. The Kier molecular flexibility index (Phi) is 3.97. The van der Waals surface area contributed by atoms with E-state index in [0.29, 0.717) is 6.17 Å². The summed E-state index contributed by atoms with van der Waals surface area (Å²) >= 11 is 0. The van der Waals surface area contributed by atoms with Gasteiger partial charge in [-0.3, -0.25) is 4.90 Å². The number of hydrogen-bond donors (Lipinski definition) is 1. The third kappa shape index (κ3) is 3.88. The second kappa shape index (κ2) is 4.23.